The summed E-state index contributed by atoms with van der Waals surface area (Å²) in [5.74, 6) is -1.39. The third-order valence-electron chi connectivity index (χ3n) is 5.54. The first-order valence-electron chi connectivity index (χ1n) is 11.6. The number of thiophene rings is 1. The zero-order valence-electron chi connectivity index (χ0n) is 21.0. The number of carboxylic acid groups (broad SMARTS) is 1. The average Bonchev–Trinajstić information content (AvgIpc) is 3.18. The summed E-state index contributed by atoms with van der Waals surface area (Å²) >= 11 is 1.43. The van der Waals surface area contributed by atoms with Crippen LogP contribution in [0.25, 0.3) is 16.2 Å². The number of sulfonamides is 1. The van der Waals surface area contributed by atoms with Gasteiger partial charge in [-0.25, -0.2) is 13.2 Å². The molecule has 1 heterocycles. The molecule has 0 spiro atoms. The Labute approximate surface area is 216 Å². The van der Waals surface area contributed by atoms with Crippen LogP contribution in [0, 0.1) is 5.92 Å². The molecule has 3 aromatic rings. The minimum absolute atomic E-state index is 0.0784. The van der Waals surface area contributed by atoms with Gasteiger partial charge < -0.3 is 10.4 Å². The predicted octanol–water partition coefficient (Wildman–Crippen LogP) is 5.63. The van der Waals surface area contributed by atoms with Crippen molar-refractivity contribution in [2.45, 2.75) is 57.4 Å². The van der Waals surface area contributed by atoms with Crippen LogP contribution in [-0.2, 0) is 25.0 Å². The Balaban J connectivity index is 1.79. The van der Waals surface area contributed by atoms with Crippen LogP contribution in [0.1, 0.15) is 51.5 Å². The third kappa shape index (κ3) is 7.25. The number of hydrogen-bond acceptors (Lipinski definition) is 5. The van der Waals surface area contributed by atoms with E-state index in [0.717, 1.165) is 26.6 Å². The van der Waals surface area contributed by atoms with Gasteiger partial charge in [0.15, 0.2) is 0 Å². The predicted molar refractivity (Wildman–Crippen MR) is 146 cm³/mol. The first-order chi connectivity index (χ1) is 16.7. The highest BCUT2D eigenvalue weighted by atomic mass is 32.2. The Kier molecular flexibility index (Phi) is 8.38. The van der Waals surface area contributed by atoms with Crippen LogP contribution in [0.3, 0.4) is 0 Å². The molecule has 0 saturated carbocycles. The molecule has 2 aromatic carbocycles. The monoisotopic (exact) mass is 528 g/mol. The lowest BCUT2D eigenvalue weighted by molar-refractivity contribution is -0.131. The van der Waals surface area contributed by atoms with E-state index in [2.05, 4.69) is 30.8 Å². The summed E-state index contributed by atoms with van der Waals surface area (Å²) in [7, 11) is -3.91. The second-order valence-electron chi connectivity index (χ2n) is 10.1. The molecular weight excluding hydrogens is 496 g/mol. The maximum atomic E-state index is 13.1. The summed E-state index contributed by atoms with van der Waals surface area (Å²) in [6.07, 6.45) is 2.93. The molecule has 0 aliphatic rings. The van der Waals surface area contributed by atoms with Crippen LogP contribution in [0.15, 0.2) is 59.5 Å². The molecule has 9 heteroatoms. The van der Waals surface area contributed by atoms with Crippen molar-refractivity contribution in [1.29, 1.82) is 0 Å². The number of carboxylic acids is 1. The Bertz CT molecular complexity index is 1380. The number of amides is 1. The summed E-state index contributed by atoms with van der Waals surface area (Å²) in [6.45, 7) is 10.0. The molecule has 3 N–H and O–H groups in total. The first kappa shape index (κ1) is 27.6. The topological polar surface area (TPSA) is 113 Å². The molecule has 7 nitrogen and oxygen atoms in total. The number of hydrogen-bond donors (Lipinski definition) is 3. The Morgan fingerprint density at radius 3 is 2.31 bits per heavy atom. The number of carbonyl (C=O) groups excluding carboxylic acids is 1. The molecule has 1 atom stereocenters. The van der Waals surface area contributed by atoms with Crippen LogP contribution in [0.5, 0.6) is 0 Å². The lowest BCUT2D eigenvalue weighted by Crippen LogP contribution is -2.44. The van der Waals surface area contributed by atoms with E-state index in [1.54, 1.807) is 36.4 Å². The number of carbonyl (C=O) groups is 2. The fourth-order valence-corrected chi connectivity index (χ4v) is 5.83. The van der Waals surface area contributed by atoms with Gasteiger partial charge in [0, 0.05) is 21.3 Å². The molecule has 0 aliphatic carbocycles. The van der Waals surface area contributed by atoms with E-state index in [-0.39, 0.29) is 16.2 Å². The van der Waals surface area contributed by atoms with Crippen molar-refractivity contribution in [2.75, 3.05) is 5.32 Å². The minimum Gasteiger partial charge on any atom is -0.478 e. The van der Waals surface area contributed by atoms with Gasteiger partial charge in [-0.05, 0) is 71.2 Å². The van der Waals surface area contributed by atoms with Crippen molar-refractivity contribution >= 4 is 55.1 Å². The van der Waals surface area contributed by atoms with Gasteiger partial charge in [-0.1, -0.05) is 46.8 Å². The van der Waals surface area contributed by atoms with Crippen molar-refractivity contribution in [1.82, 2.24) is 4.72 Å². The fourth-order valence-electron chi connectivity index (χ4n) is 3.68. The average molecular weight is 529 g/mol. The molecular formula is C27H32N2O5S2. The number of nitrogens with one attached hydrogen (secondary N) is 2. The van der Waals surface area contributed by atoms with E-state index < -0.39 is 27.9 Å². The Morgan fingerprint density at radius 2 is 1.72 bits per heavy atom. The van der Waals surface area contributed by atoms with Gasteiger partial charge in [-0.15, -0.1) is 11.3 Å². The number of rotatable bonds is 9. The van der Waals surface area contributed by atoms with Gasteiger partial charge >= 0.3 is 5.97 Å². The highest BCUT2D eigenvalue weighted by Crippen LogP contribution is 2.29. The standard InChI is InChI=1S/C27H32N2O5S2/c1-17(2)14-23(29-36(33,34)22-10-6-19(7-11-22)27(3,4)5)26(32)28-20-8-12-24-18(15-20)16-21(35-24)9-13-25(30)31/h6-13,15-17,23,29H,14H2,1-5H3,(H,28,32)(H,30,31)/b13-9+. The Hall–Kier alpha value is -3.01. The van der Waals surface area contributed by atoms with Crippen LogP contribution in [0.4, 0.5) is 5.69 Å². The van der Waals surface area contributed by atoms with Crippen LogP contribution in [-0.4, -0.2) is 31.4 Å². The molecule has 1 unspecified atom stereocenters. The number of anilines is 1. The lowest BCUT2D eigenvalue weighted by atomic mass is 9.87. The Morgan fingerprint density at radius 1 is 1.06 bits per heavy atom. The summed E-state index contributed by atoms with van der Waals surface area (Å²) in [4.78, 5) is 24.8. The molecule has 0 fully saturated rings. The molecule has 0 aliphatic heterocycles. The van der Waals surface area contributed by atoms with E-state index in [9.17, 15) is 18.0 Å². The molecule has 1 amide bonds. The van der Waals surface area contributed by atoms with Crippen molar-refractivity contribution < 1.29 is 23.1 Å². The van der Waals surface area contributed by atoms with Gasteiger partial charge in [0.05, 0.1) is 4.90 Å². The summed E-state index contributed by atoms with van der Waals surface area (Å²) in [5, 5.41) is 12.5. The maximum absolute atomic E-state index is 13.1. The summed E-state index contributed by atoms with van der Waals surface area (Å²) in [5.41, 5.74) is 1.44. The molecule has 1 aromatic heterocycles. The van der Waals surface area contributed by atoms with E-state index in [1.807, 2.05) is 26.0 Å². The number of fused-ring (bicyclic) bond motifs is 1. The van der Waals surface area contributed by atoms with E-state index in [0.29, 0.717) is 12.1 Å². The lowest BCUT2D eigenvalue weighted by Gasteiger charge is -2.21. The molecule has 36 heavy (non-hydrogen) atoms. The van der Waals surface area contributed by atoms with E-state index in [1.165, 1.54) is 17.4 Å². The first-order valence-corrected chi connectivity index (χ1v) is 13.9. The normalized spacial score (nSPS) is 13.4. The quantitative estimate of drug-likeness (QED) is 0.312. The van der Waals surface area contributed by atoms with Crippen molar-refractivity contribution in [3.05, 3.63) is 65.0 Å². The third-order valence-corrected chi connectivity index (χ3v) is 8.11. The van der Waals surface area contributed by atoms with Crippen molar-refractivity contribution in [3.8, 4) is 0 Å². The van der Waals surface area contributed by atoms with Crippen LogP contribution in [0.2, 0.25) is 0 Å². The van der Waals surface area contributed by atoms with Crippen molar-refractivity contribution in [3.63, 3.8) is 0 Å². The zero-order valence-corrected chi connectivity index (χ0v) is 22.7. The fraction of sp³-hybridized carbons (Fsp3) is 0.333. The van der Waals surface area contributed by atoms with Crippen LogP contribution < -0.4 is 10.0 Å². The number of benzene rings is 2. The second kappa shape index (κ2) is 10.9. The second-order valence-corrected chi connectivity index (χ2v) is 13.0. The summed E-state index contributed by atoms with van der Waals surface area (Å²) in [6, 6.07) is 13.0. The van der Waals surface area contributed by atoms with E-state index >= 15 is 0 Å². The summed E-state index contributed by atoms with van der Waals surface area (Å²) < 4.78 is 29.7. The zero-order chi connectivity index (χ0) is 26.7. The molecule has 0 saturated heterocycles. The SMILES string of the molecule is CC(C)CC(NS(=O)(=O)c1ccc(C(C)(C)C)cc1)C(=O)Nc1ccc2sc(/C=C/C(=O)O)cc2c1. The maximum Gasteiger partial charge on any atom is 0.328 e. The van der Waals surface area contributed by atoms with Crippen LogP contribution >= 0.6 is 11.3 Å². The van der Waals surface area contributed by atoms with Crippen molar-refractivity contribution in [2.24, 2.45) is 5.92 Å². The molecule has 0 bridgehead atoms. The number of aliphatic carboxylic acids is 1. The smallest absolute Gasteiger partial charge is 0.328 e. The van der Waals surface area contributed by atoms with Gasteiger partial charge in [0.25, 0.3) is 0 Å². The van der Waals surface area contributed by atoms with Gasteiger partial charge in [0.2, 0.25) is 15.9 Å². The highest BCUT2D eigenvalue weighted by Gasteiger charge is 2.27. The molecule has 0 radical (unpaired) electrons. The van der Waals surface area contributed by atoms with Gasteiger partial charge in [-0.2, -0.15) is 4.72 Å². The van der Waals surface area contributed by atoms with Gasteiger partial charge in [-0.3, -0.25) is 4.79 Å². The molecule has 192 valence electrons. The largest absolute Gasteiger partial charge is 0.478 e. The van der Waals surface area contributed by atoms with E-state index in [4.69, 9.17) is 5.11 Å². The van der Waals surface area contributed by atoms with Gasteiger partial charge in [0.1, 0.15) is 6.04 Å². The highest BCUT2D eigenvalue weighted by molar-refractivity contribution is 7.89. The minimum atomic E-state index is -3.91. The molecule has 3 rings (SSSR count).